The van der Waals surface area contributed by atoms with Gasteiger partial charge in [0.2, 0.25) is 11.8 Å². The Morgan fingerprint density at radius 2 is 2.19 bits per heavy atom. The van der Waals surface area contributed by atoms with E-state index in [-0.39, 0.29) is 19.1 Å². The van der Waals surface area contributed by atoms with Crippen LogP contribution < -0.4 is 5.73 Å². The second-order valence-electron chi connectivity index (χ2n) is 4.23. The number of carbonyl (C=O) groups is 2. The highest BCUT2D eigenvalue weighted by atomic mass is 16.5. The Balaban J connectivity index is 2.89. The molecule has 1 unspecified atom stereocenters. The van der Waals surface area contributed by atoms with Gasteiger partial charge in [0.05, 0.1) is 19.3 Å². The van der Waals surface area contributed by atoms with E-state index in [1.54, 1.807) is 0 Å². The van der Waals surface area contributed by atoms with Crippen LogP contribution in [0.3, 0.4) is 0 Å². The highest BCUT2D eigenvalue weighted by Crippen LogP contribution is 2.20. The van der Waals surface area contributed by atoms with Gasteiger partial charge in [-0.05, 0) is 13.8 Å². The van der Waals surface area contributed by atoms with Crippen molar-refractivity contribution >= 4 is 11.8 Å². The maximum Gasteiger partial charge on any atom is 0.243 e. The molecule has 2 amide bonds. The van der Waals surface area contributed by atoms with Gasteiger partial charge in [0, 0.05) is 6.54 Å². The zero-order chi connectivity index (χ0) is 12.3. The predicted molar refractivity (Wildman–Crippen MR) is 54.9 cm³/mol. The second-order valence-corrected chi connectivity index (χ2v) is 4.23. The first-order valence-electron chi connectivity index (χ1n) is 4.99. The van der Waals surface area contributed by atoms with Crippen LogP contribution in [0.15, 0.2) is 0 Å². The van der Waals surface area contributed by atoms with Crippen molar-refractivity contribution in [3.63, 3.8) is 0 Å². The van der Waals surface area contributed by atoms with Crippen molar-refractivity contribution in [2.24, 2.45) is 11.1 Å². The minimum Gasteiger partial charge on any atom is -0.377 e. The summed E-state index contributed by atoms with van der Waals surface area (Å²) in [6, 6.07) is 1.14. The van der Waals surface area contributed by atoms with Crippen LogP contribution in [0.25, 0.3) is 0 Å². The molecule has 1 fully saturated rings. The van der Waals surface area contributed by atoms with Gasteiger partial charge in [0.15, 0.2) is 0 Å². The number of hydrogen-bond acceptors (Lipinski definition) is 4. The summed E-state index contributed by atoms with van der Waals surface area (Å²) >= 11 is 0. The number of rotatable bonds is 2. The molecule has 0 radical (unpaired) electrons. The largest absolute Gasteiger partial charge is 0.377 e. The van der Waals surface area contributed by atoms with Gasteiger partial charge in [0.25, 0.3) is 0 Å². The number of nitrogens with zero attached hydrogens (tertiary/aromatic N) is 2. The highest BCUT2D eigenvalue weighted by molar-refractivity contribution is 5.90. The SMILES string of the molecule is CC(C)(C#N)C(=O)N1CCOCC1C(N)=O. The summed E-state index contributed by atoms with van der Waals surface area (Å²) in [5.41, 5.74) is 4.04. The third-order valence-corrected chi connectivity index (χ3v) is 2.53. The van der Waals surface area contributed by atoms with Crippen molar-refractivity contribution < 1.29 is 14.3 Å². The monoisotopic (exact) mass is 225 g/mol. The van der Waals surface area contributed by atoms with E-state index in [1.807, 2.05) is 6.07 Å². The first-order chi connectivity index (χ1) is 7.40. The number of hydrogen-bond donors (Lipinski definition) is 1. The van der Waals surface area contributed by atoms with Gasteiger partial charge in [-0.25, -0.2) is 0 Å². The Morgan fingerprint density at radius 1 is 1.56 bits per heavy atom. The van der Waals surface area contributed by atoms with Crippen LogP contribution in [0.4, 0.5) is 0 Å². The lowest BCUT2D eigenvalue weighted by Gasteiger charge is -2.36. The lowest BCUT2D eigenvalue weighted by molar-refractivity contribution is -0.152. The van der Waals surface area contributed by atoms with Gasteiger partial charge in [-0.2, -0.15) is 5.26 Å². The molecule has 6 nitrogen and oxygen atoms in total. The van der Waals surface area contributed by atoms with Gasteiger partial charge in [-0.1, -0.05) is 0 Å². The van der Waals surface area contributed by atoms with E-state index in [0.717, 1.165) is 0 Å². The maximum absolute atomic E-state index is 12.0. The molecular formula is C10H15N3O3. The number of ether oxygens (including phenoxy) is 1. The Kier molecular flexibility index (Phi) is 3.50. The average molecular weight is 225 g/mol. The van der Waals surface area contributed by atoms with E-state index in [4.69, 9.17) is 15.7 Å². The number of primary amides is 1. The molecule has 2 N–H and O–H groups in total. The summed E-state index contributed by atoms with van der Waals surface area (Å²) in [5.74, 6) is -0.996. The molecule has 1 heterocycles. The van der Waals surface area contributed by atoms with E-state index in [2.05, 4.69) is 0 Å². The normalized spacial score (nSPS) is 21.3. The molecule has 0 aromatic carbocycles. The van der Waals surface area contributed by atoms with Crippen LogP contribution in [0.1, 0.15) is 13.8 Å². The van der Waals surface area contributed by atoms with E-state index in [0.29, 0.717) is 6.61 Å². The molecule has 0 saturated carbocycles. The van der Waals surface area contributed by atoms with Gasteiger partial charge < -0.3 is 15.4 Å². The van der Waals surface area contributed by atoms with Crippen LogP contribution in [-0.4, -0.2) is 42.5 Å². The van der Waals surface area contributed by atoms with Gasteiger partial charge in [-0.3, -0.25) is 9.59 Å². The summed E-state index contributed by atoms with van der Waals surface area (Å²) < 4.78 is 5.09. The van der Waals surface area contributed by atoms with Gasteiger partial charge in [-0.15, -0.1) is 0 Å². The standard InChI is InChI=1S/C10H15N3O3/c1-10(2,6-11)9(15)13-3-4-16-5-7(13)8(12)14/h7H,3-5H2,1-2H3,(H2,12,14). The average Bonchev–Trinajstić information content (AvgIpc) is 2.28. The summed E-state index contributed by atoms with van der Waals surface area (Å²) in [7, 11) is 0. The fourth-order valence-corrected chi connectivity index (χ4v) is 1.49. The fourth-order valence-electron chi connectivity index (χ4n) is 1.49. The second kappa shape index (κ2) is 4.49. The first-order valence-corrected chi connectivity index (χ1v) is 4.99. The van der Waals surface area contributed by atoms with E-state index >= 15 is 0 Å². The van der Waals surface area contributed by atoms with Crippen molar-refractivity contribution in [2.75, 3.05) is 19.8 Å². The van der Waals surface area contributed by atoms with Gasteiger partial charge >= 0.3 is 0 Å². The summed E-state index contributed by atoms with van der Waals surface area (Å²) in [4.78, 5) is 24.5. The Bertz CT molecular complexity index is 346. The third kappa shape index (κ3) is 2.31. The number of carbonyl (C=O) groups excluding carboxylic acids is 2. The molecule has 88 valence electrons. The molecule has 6 heteroatoms. The molecular weight excluding hydrogens is 210 g/mol. The zero-order valence-electron chi connectivity index (χ0n) is 9.40. The Labute approximate surface area is 93.9 Å². The minimum atomic E-state index is -1.15. The Morgan fingerprint density at radius 3 is 2.69 bits per heavy atom. The smallest absolute Gasteiger partial charge is 0.243 e. The molecule has 1 aliphatic heterocycles. The fraction of sp³-hybridized carbons (Fsp3) is 0.700. The van der Waals surface area contributed by atoms with Crippen molar-refractivity contribution in [1.29, 1.82) is 5.26 Å². The summed E-state index contributed by atoms with van der Waals surface area (Å²) in [6.45, 7) is 3.78. The van der Waals surface area contributed by atoms with Crippen molar-refractivity contribution in [1.82, 2.24) is 4.90 Å². The molecule has 0 aromatic rings. The molecule has 0 bridgehead atoms. The van der Waals surface area contributed by atoms with Crippen LogP contribution in [0, 0.1) is 16.7 Å². The molecule has 1 saturated heterocycles. The Hall–Kier alpha value is -1.61. The molecule has 0 aliphatic carbocycles. The predicted octanol–water partition coefficient (Wildman–Crippen LogP) is -0.751. The van der Waals surface area contributed by atoms with Crippen molar-refractivity contribution in [3.8, 4) is 6.07 Å². The van der Waals surface area contributed by atoms with E-state index in [9.17, 15) is 9.59 Å². The first kappa shape index (κ1) is 12.5. The van der Waals surface area contributed by atoms with Crippen LogP contribution in [-0.2, 0) is 14.3 Å². The quantitative estimate of drug-likeness (QED) is 0.668. The molecule has 1 aliphatic rings. The molecule has 0 aromatic heterocycles. The summed E-state index contributed by atoms with van der Waals surface area (Å²) in [5, 5.41) is 8.88. The van der Waals surface area contributed by atoms with Crippen LogP contribution >= 0.6 is 0 Å². The van der Waals surface area contributed by atoms with Crippen molar-refractivity contribution in [2.45, 2.75) is 19.9 Å². The third-order valence-electron chi connectivity index (χ3n) is 2.53. The molecule has 16 heavy (non-hydrogen) atoms. The van der Waals surface area contributed by atoms with Crippen molar-refractivity contribution in [3.05, 3.63) is 0 Å². The topological polar surface area (TPSA) is 96.4 Å². The number of nitriles is 1. The van der Waals surface area contributed by atoms with E-state index in [1.165, 1.54) is 18.7 Å². The summed E-state index contributed by atoms with van der Waals surface area (Å²) in [6.07, 6.45) is 0. The van der Waals surface area contributed by atoms with Gasteiger partial charge in [0.1, 0.15) is 11.5 Å². The van der Waals surface area contributed by atoms with E-state index < -0.39 is 17.4 Å². The van der Waals surface area contributed by atoms with Crippen LogP contribution in [0.5, 0.6) is 0 Å². The lowest BCUT2D eigenvalue weighted by Crippen LogP contribution is -2.57. The lowest BCUT2D eigenvalue weighted by atomic mass is 9.92. The highest BCUT2D eigenvalue weighted by Gasteiger charge is 2.39. The molecule has 1 rings (SSSR count). The number of morpholine rings is 1. The number of amides is 2. The molecule has 0 spiro atoms. The molecule has 1 atom stereocenters. The maximum atomic E-state index is 12.0. The van der Waals surface area contributed by atoms with Crippen LogP contribution in [0.2, 0.25) is 0 Å². The number of nitrogens with two attached hydrogens (primary N) is 1. The minimum absolute atomic E-state index is 0.0998. The zero-order valence-corrected chi connectivity index (χ0v) is 9.40.